The molecule has 1 fully saturated rings. The van der Waals surface area contributed by atoms with Gasteiger partial charge in [-0.2, -0.15) is 0 Å². The van der Waals surface area contributed by atoms with Crippen molar-refractivity contribution in [1.29, 1.82) is 0 Å². The van der Waals surface area contributed by atoms with Gasteiger partial charge in [0.15, 0.2) is 0 Å². The first-order valence-electron chi connectivity index (χ1n) is 14.6. The average molecular weight is 601 g/mol. The van der Waals surface area contributed by atoms with Gasteiger partial charge in [0, 0.05) is 51.6 Å². The highest BCUT2D eigenvalue weighted by molar-refractivity contribution is 7.11. The Kier molecular flexibility index (Phi) is 14.5. The molecule has 0 aliphatic carbocycles. The Balaban J connectivity index is 1.35. The Bertz CT molecular complexity index is 1170. The van der Waals surface area contributed by atoms with E-state index in [0.717, 1.165) is 73.5 Å². The third-order valence-corrected chi connectivity index (χ3v) is 7.82. The van der Waals surface area contributed by atoms with Crippen molar-refractivity contribution in [3.05, 3.63) is 75.2 Å². The first kappa shape index (κ1) is 32.3. The van der Waals surface area contributed by atoms with Crippen molar-refractivity contribution in [3.8, 4) is 11.5 Å². The quantitative estimate of drug-likeness (QED) is 0.177. The van der Waals surface area contributed by atoms with E-state index >= 15 is 0 Å². The maximum atomic E-state index is 6.03. The van der Waals surface area contributed by atoms with Gasteiger partial charge in [0.1, 0.15) is 24.7 Å². The molecule has 0 saturated carbocycles. The molecule has 0 radical (unpaired) electrons. The standard InChI is InChI=1S/C32H44N2O7S/c1-35-15-19-40-28-7-3-5-26(21-28)23-31-30(25-39-18-17-38-14-11-34-9-12-37-13-10-34)33-32(42-31)24-27-6-4-8-29(22-27)41-20-16-36-2/h3-8,21-22H,9-20,23-25H2,1-2H3. The van der Waals surface area contributed by atoms with Crippen LogP contribution in [0.2, 0.25) is 0 Å². The highest BCUT2D eigenvalue weighted by atomic mass is 32.1. The lowest BCUT2D eigenvalue weighted by atomic mass is 10.1. The smallest absolute Gasteiger partial charge is 0.119 e. The average Bonchev–Trinajstić information content (AvgIpc) is 3.38. The normalized spacial score (nSPS) is 13.9. The van der Waals surface area contributed by atoms with Crippen LogP contribution < -0.4 is 9.47 Å². The number of hydrogen-bond donors (Lipinski definition) is 0. The van der Waals surface area contributed by atoms with Crippen molar-refractivity contribution < 1.29 is 33.2 Å². The van der Waals surface area contributed by atoms with Gasteiger partial charge in [0.2, 0.25) is 0 Å². The van der Waals surface area contributed by atoms with Gasteiger partial charge in [0.05, 0.1) is 63.6 Å². The molecule has 230 valence electrons. The number of methoxy groups -OCH3 is 2. The Morgan fingerprint density at radius 2 is 1.40 bits per heavy atom. The zero-order chi connectivity index (χ0) is 29.2. The first-order chi connectivity index (χ1) is 20.7. The van der Waals surface area contributed by atoms with E-state index in [4.69, 9.17) is 38.1 Å². The molecule has 0 N–H and O–H groups in total. The molecule has 0 atom stereocenters. The van der Waals surface area contributed by atoms with Crippen molar-refractivity contribution in [2.24, 2.45) is 0 Å². The number of morpholine rings is 1. The highest BCUT2D eigenvalue weighted by Crippen LogP contribution is 2.27. The summed E-state index contributed by atoms with van der Waals surface area (Å²) in [7, 11) is 3.35. The largest absolute Gasteiger partial charge is 0.491 e. The van der Waals surface area contributed by atoms with Crippen LogP contribution in [0.4, 0.5) is 0 Å². The second-order valence-electron chi connectivity index (χ2n) is 9.93. The molecule has 2 heterocycles. The van der Waals surface area contributed by atoms with Crippen molar-refractivity contribution in [2.75, 3.05) is 93.3 Å². The predicted octanol–water partition coefficient (Wildman–Crippen LogP) is 4.24. The highest BCUT2D eigenvalue weighted by Gasteiger charge is 2.14. The van der Waals surface area contributed by atoms with Crippen molar-refractivity contribution in [3.63, 3.8) is 0 Å². The molecule has 4 rings (SSSR count). The number of thiazole rings is 1. The summed E-state index contributed by atoms with van der Waals surface area (Å²) in [5, 5.41) is 1.05. The Morgan fingerprint density at radius 1 is 0.762 bits per heavy atom. The van der Waals surface area contributed by atoms with Gasteiger partial charge in [-0.05, 0) is 35.4 Å². The minimum atomic E-state index is 0.447. The van der Waals surface area contributed by atoms with Crippen LogP contribution in [-0.2, 0) is 43.1 Å². The number of aromatic nitrogens is 1. The lowest BCUT2D eigenvalue weighted by Gasteiger charge is -2.26. The van der Waals surface area contributed by atoms with E-state index in [9.17, 15) is 0 Å². The molecule has 0 unspecified atom stereocenters. The summed E-state index contributed by atoms with van der Waals surface area (Å²) in [4.78, 5) is 8.57. The van der Waals surface area contributed by atoms with Crippen LogP contribution in [-0.4, -0.2) is 103 Å². The maximum absolute atomic E-state index is 6.03. The molecule has 1 saturated heterocycles. The molecule has 1 aromatic heterocycles. The minimum absolute atomic E-state index is 0.447. The molecule has 3 aromatic rings. The fourth-order valence-electron chi connectivity index (χ4n) is 4.51. The second-order valence-corrected chi connectivity index (χ2v) is 11.1. The topological polar surface area (TPSA) is 80.7 Å². The minimum Gasteiger partial charge on any atom is -0.491 e. The zero-order valence-corrected chi connectivity index (χ0v) is 25.7. The molecule has 0 bridgehead atoms. The van der Waals surface area contributed by atoms with Crippen LogP contribution in [0.1, 0.15) is 26.7 Å². The Hall–Kier alpha value is -2.57. The number of hydrogen-bond acceptors (Lipinski definition) is 10. The summed E-state index contributed by atoms with van der Waals surface area (Å²) in [6.45, 7) is 8.88. The van der Waals surface area contributed by atoms with Crippen LogP contribution in [0.15, 0.2) is 48.5 Å². The molecule has 1 aliphatic heterocycles. The van der Waals surface area contributed by atoms with Gasteiger partial charge in [-0.3, -0.25) is 4.90 Å². The van der Waals surface area contributed by atoms with Gasteiger partial charge in [-0.25, -0.2) is 4.98 Å². The molecule has 2 aromatic carbocycles. The number of ether oxygens (including phenoxy) is 7. The number of rotatable bonds is 20. The third-order valence-electron chi connectivity index (χ3n) is 6.72. The summed E-state index contributed by atoms with van der Waals surface area (Å²) in [5.41, 5.74) is 3.29. The van der Waals surface area contributed by atoms with Crippen LogP contribution in [0.3, 0.4) is 0 Å². The van der Waals surface area contributed by atoms with Crippen molar-refractivity contribution in [2.45, 2.75) is 19.4 Å². The van der Waals surface area contributed by atoms with Gasteiger partial charge >= 0.3 is 0 Å². The van der Waals surface area contributed by atoms with Crippen LogP contribution in [0.25, 0.3) is 0 Å². The molecule has 0 amide bonds. The fraction of sp³-hybridized carbons (Fsp3) is 0.531. The second kappa shape index (κ2) is 18.9. The van der Waals surface area contributed by atoms with Gasteiger partial charge in [-0.1, -0.05) is 24.3 Å². The number of nitrogens with zero attached hydrogens (tertiary/aromatic N) is 2. The fourth-order valence-corrected chi connectivity index (χ4v) is 5.65. The summed E-state index contributed by atoms with van der Waals surface area (Å²) in [6.07, 6.45) is 1.48. The van der Waals surface area contributed by atoms with E-state index in [1.165, 1.54) is 10.4 Å². The van der Waals surface area contributed by atoms with Gasteiger partial charge in [0.25, 0.3) is 0 Å². The molecule has 1 aliphatic rings. The molecule has 42 heavy (non-hydrogen) atoms. The monoisotopic (exact) mass is 600 g/mol. The van der Waals surface area contributed by atoms with Gasteiger partial charge < -0.3 is 33.2 Å². The predicted molar refractivity (Wildman–Crippen MR) is 163 cm³/mol. The zero-order valence-electron chi connectivity index (χ0n) is 24.9. The van der Waals surface area contributed by atoms with E-state index in [1.54, 1.807) is 25.6 Å². The molecule has 9 nitrogen and oxygen atoms in total. The summed E-state index contributed by atoms with van der Waals surface area (Å²) >= 11 is 1.73. The first-order valence-corrected chi connectivity index (χ1v) is 15.4. The van der Waals surface area contributed by atoms with E-state index in [1.807, 2.05) is 24.3 Å². The van der Waals surface area contributed by atoms with Crippen LogP contribution in [0.5, 0.6) is 11.5 Å². The molecule has 0 spiro atoms. The van der Waals surface area contributed by atoms with Crippen LogP contribution >= 0.6 is 11.3 Å². The summed E-state index contributed by atoms with van der Waals surface area (Å²) < 4.78 is 39.1. The van der Waals surface area contributed by atoms with Crippen molar-refractivity contribution >= 4 is 11.3 Å². The molecule has 10 heteroatoms. The molecular formula is C32H44N2O7S. The van der Waals surface area contributed by atoms with Crippen molar-refractivity contribution in [1.82, 2.24) is 9.88 Å². The molecular weight excluding hydrogens is 556 g/mol. The van der Waals surface area contributed by atoms with E-state index in [2.05, 4.69) is 29.2 Å². The van der Waals surface area contributed by atoms with E-state index in [-0.39, 0.29) is 0 Å². The SMILES string of the molecule is COCCOc1cccc(Cc2nc(COCCOCCN3CCOCC3)c(Cc3cccc(OCCOC)c3)s2)c1. The third kappa shape index (κ3) is 11.6. The van der Waals surface area contributed by atoms with Crippen LogP contribution in [0, 0.1) is 0 Å². The van der Waals surface area contributed by atoms with Gasteiger partial charge in [-0.15, -0.1) is 11.3 Å². The lowest BCUT2D eigenvalue weighted by molar-refractivity contribution is 0.00551. The number of benzene rings is 2. The summed E-state index contributed by atoms with van der Waals surface area (Å²) in [6, 6.07) is 16.4. The Labute approximate surface area is 253 Å². The lowest BCUT2D eigenvalue weighted by Crippen LogP contribution is -2.38. The summed E-state index contributed by atoms with van der Waals surface area (Å²) in [5.74, 6) is 1.68. The van der Waals surface area contributed by atoms with E-state index < -0.39 is 0 Å². The maximum Gasteiger partial charge on any atom is 0.119 e. The Morgan fingerprint density at radius 3 is 2.07 bits per heavy atom. The van der Waals surface area contributed by atoms with E-state index in [0.29, 0.717) is 52.9 Å².